The van der Waals surface area contributed by atoms with Crippen molar-refractivity contribution in [3.63, 3.8) is 0 Å². The Hall–Kier alpha value is -0.890. The van der Waals surface area contributed by atoms with E-state index in [0.29, 0.717) is 13.0 Å². The monoisotopic (exact) mass is 306 g/mol. The van der Waals surface area contributed by atoms with Crippen LogP contribution in [0.5, 0.6) is 0 Å². The molecule has 1 fully saturated rings. The summed E-state index contributed by atoms with van der Waals surface area (Å²) in [6.07, 6.45) is 1.82. The minimum absolute atomic E-state index is 0.0651. The Morgan fingerprint density at radius 2 is 2.26 bits per heavy atom. The van der Waals surface area contributed by atoms with Gasteiger partial charge in [-0.2, -0.15) is 4.31 Å². The highest BCUT2D eigenvalue weighted by Crippen LogP contribution is 2.29. The summed E-state index contributed by atoms with van der Waals surface area (Å²) in [5.74, 6) is 0.0954. The molecule has 2 atom stereocenters. The minimum atomic E-state index is -3.75. The van der Waals surface area contributed by atoms with Gasteiger partial charge in [0.25, 0.3) is 5.56 Å². The molecule has 2 rings (SSSR count). The van der Waals surface area contributed by atoms with Crippen LogP contribution in [-0.2, 0) is 10.0 Å². The number of halogens is 1. The summed E-state index contributed by atoms with van der Waals surface area (Å²) in [5, 5.41) is 9.15. The first-order valence-corrected chi connectivity index (χ1v) is 7.70. The van der Waals surface area contributed by atoms with Gasteiger partial charge < -0.3 is 10.1 Å². The molecule has 2 N–H and O–H groups in total. The number of hydrogen-bond donors (Lipinski definition) is 2. The van der Waals surface area contributed by atoms with Crippen LogP contribution in [-0.4, -0.2) is 42.0 Å². The van der Waals surface area contributed by atoms with Gasteiger partial charge in [0.05, 0.1) is 17.5 Å². The number of pyridine rings is 1. The second-order valence-electron chi connectivity index (χ2n) is 4.64. The maximum atomic E-state index is 12.4. The Morgan fingerprint density at radius 1 is 1.58 bits per heavy atom. The van der Waals surface area contributed by atoms with Crippen molar-refractivity contribution in [2.75, 3.05) is 13.2 Å². The number of rotatable bonds is 3. The molecule has 6 nitrogen and oxygen atoms in total. The summed E-state index contributed by atoms with van der Waals surface area (Å²) in [7, 11) is -3.75. The van der Waals surface area contributed by atoms with E-state index in [1.165, 1.54) is 4.31 Å². The number of aromatic nitrogens is 1. The number of hydrogen-bond acceptors (Lipinski definition) is 4. The SMILES string of the molecule is CC1CCN(S(=O)(=O)c2c[nH]c(=O)c(Cl)c2)C1CO. The molecule has 1 aromatic rings. The van der Waals surface area contributed by atoms with E-state index in [2.05, 4.69) is 4.98 Å². The normalized spacial score (nSPS) is 24.8. The van der Waals surface area contributed by atoms with Crippen LogP contribution in [0.1, 0.15) is 13.3 Å². The van der Waals surface area contributed by atoms with Crippen LogP contribution in [0.15, 0.2) is 22.0 Å². The Bertz CT molecular complexity index is 628. The van der Waals surface area contributed by atoms with Gasteiger partial charge >= 0.3 is 0 Å². The summed E-state index contributed by atoms with van der Waals surface area (Å²) in [6, 6.07) is 0.698. The third kappa shape index (κ3) is 2.55. The van der Waals surface area contributed by atoms with Crippen LogP contribution in [0.2, 0.25) is 5.02 Å². The summed E-state index contributed by atoms with van der Waals surface area (Å²) in [6.45, 7) is 2.03. The van der Waals surface area contributed by atoms with E-state index in [-0.39, 0.29) is 22.4 Å². The third-order valence-electron chi connectivity index (χ3n) is 3.46. The predicted molar refractivity (Wildman–Crippen MR) is 70.6 cm³/mol. The molecule has 0 saturated carbocycles. The van der Waals surface area contributed by atoms with E-state index in [1.54, 1.807) is 0 Å². The molecule has 0 aromatic carbocycles. The Morgan fingerprint density at radius 3 is 2.84 bits per heavy atom. The predicted octanol–water partition coefficient (Wildman–Crippen LogP) is 0.420. The van der Waals surface area contributed by atoms with Gasteiger partial charge in [0, 0.05) is 12.7 Å². The van der Waals surface area contributed by atoms with Crippen molar-refractivity contribution in [1.29, 1.82) is 0 Å². The molecule has 19 heavy (non-hydrogen) atoms. The fourth-order valence-corrected chi connectivity index (χ4v) is 4.22. The highest BCUT2D eigenvalue weighted by atomic mass is 35.5. The summed E-state index contributed by atoms with van der Waals surface area (Å²) >= 11 is 5.65. The Balaban J connectivity index is 2.42. The van der Waals surface area contributed by atoms with Crippen LogP contribution in [0.3, 0.4) is 0 Å². The number of sulfonamides is 1. The highest BCUT2D eigenvalue weighted by Gasteiger charge is 2.39. The molecule has 0 amide bonds. The molecule has 8 heteroatoms. The highest BCUT2D eigenvalue weighted by molar-refractivity contribution is 7.89. The smallest absolute Gasteiger partial charge is 0.266 e. The van der Waals surface area contributed by atoms with Gasteiger partial charge in [-0.1, -0.05) is 18.5 Å². The van der Waals surface area contributed by atoms with Gasteiger partial charge in [0.2, 0.25) is 10.0 Å². The molecule has 2 unspecified atom stereocenters. The van der Waals surface area contributed by atoms with Crippen LogP contribution in [0.25, 0.3) is 0 Å². The second-order valence-corrected chi connectivity index (χ2v) is 6.94. The van der Waals surface area contributed by atoms with Gasteiger partial charge in [0.1, 0.15) is 5.02 Å². The first-order chi connectivity index (χ1) is 8.87. The van der Waals surface area contributed by atoms with E-state index < -0.39 is 21.6 Å². The number of aromatic amines is 1. The van der Waals surface area contributed by atoms with Crippen molar-refractivity contribution in [3.05, 3.63) is 27.6 Å². The molecule has 1 aliphatic rings. The number of H-pyrrole nitrogens is 1. The zero-order valence-electron chi connectivity index (χ0n) is 10.3. The van der Waals surface area contributed by atoms with Gasteiger partial charge in [-0.25, -0.2) is 8.42 Å². The Labute approximate surface area is 116 Å². The lowest BCUT2D eigenvalue weighted by atomic mass is 10.0. The molecule has 0 radical (unpaired) electrons. The molecule has 106 valence electrons. The van der Waals surface area contributed by atoms with Crippen LogP contribution >= 0.6 is 11.6 Å². The molecule has 2 heterocycles. The third-order valence-corrected chi connectivity index (χ3v) is 5.64. The first kappa shape index (κ1) is 14.5. The van der Waals surface area contributed by atoms with Gasteiger partial charge in [-0.15, -0.1) is 0 Å². The maximum absolute atomic E-state index is 12.4. The lowest BCUT2D eigenvalue weighted by Crippen LogP contribution is -2.39. The fourth-order valence-electron chi connectivity index (χ4n) is 2.26. The summed E-state index contributed by atoms with van der Waals surface area (Å²) in [4.78, 5) is 13.4. The topological polar surface area (TPSA) is 90.5 Å². The number of nitrogens with zero attached hydrogens (tertiary/aromatic N) is 1. The molecule has 1 aliphatic heterocycles. The first-order valence-electron chi connectivity index (χ1n) is 5.89. The molecule has 1 aromatic heterocycles. The Kier molecular flexibility index (Phi) is 4.00. The number of aliphatic hydroxyl groups is 1. The average Bonchev–Trinajstić information content (AvgIpc) is 2.74. The van der Waals surface area contributed by atoms with Crippen molar-refractivity contribution in [2.24, 2.45) is 5.92 Å². The zero-order valence-corrected chi connectivity index (χ0v) is 11.9. The van der Waals surface area contributed by atoms with Gasteiger partial charge in [0.15, 0.2) is 0 Å². The quantitative estimate of drug-likeness (QED) is 0.847. The van der Waals surface area contributed by atoms with Crippen LogP contribution in [0.4, 0.5) is 0 Å². The summed E-state index contributed by atoms with van der Waals surface area (Å²) in [5.41, 5.74) is -0.533. The van der Waals surface area contributed by atoms with Crippen molar-refractivity contribution in [3.8, 4) is 0 Å². The minimum Gasteiger partial charge on any atom is -0.395 e. The molecular formula is C11H15ClN2O4S. The van der Waals surface area contributed by atoms with E-state index in [9.17, 15) is 18.3 Å². The van der Waals surface area contributed by atoms with Crippen molar-refractivity contribution in [1.82, 2.24) is 9.29 Å². The maximum Gasteiger partial charge on any atom is 0.266 e. The lowest BCUT2D eigenvalue weighted by molar-refractivity contribution is 0.191. The van der Waals surface area contributed by atoms with E-state index in [1.807, 2.05) is 6.92 Å². The molecule has 1 saturated heterocycles. The second kappa shape index (κ2) is 5.24. The van der Waals surface area contributed by atoms with Crippen molar-refractivity contribution < 1.29 is 13.5 Å². The van der Waals surface area contributed by atoms with E-state index >= 15 is 0 Å². The van der Waals surface area contributed by atoms with Crippen LogP contribution < -0.4 is 5.56 Å². The largest absolute Gasteiger partial charge is 0.395 e. The lowest BCUT2D eigenvalue weighted by Gasteiger charge is -2.24. The molecular weight excluding hydrogens is 292 g/mol. The van der Waals surface area contributed by atoms with Gasteiger partial charge in [-0.05, 0) is 18.4 Å². The van der Waals surface area contributed by atoms with Crippen molar-refractivity contribution in [2.45, 2.75) is 24.3 Å². The van der Waals surface area contributed by atoms with Crippen molar-refractivity contribution >= 4 is 21.6 Å². The van der Waals surface area contributed by atoms with Crippen LogP contribution in [0, 0.1) is 5.92 Å². The van der Waals surface area contributed by atoms with E-state index in [0.717, 1.165) is 12.3 Å². The average molecular weight is 307 g/mol. The molecule has 0 aliphatic carbocycles. The molecule has 0 bridgehead atoms. The standard InChI is InChI=1S/C11H15ClN2O4S/c1-7-2-3-14(10(7)6-15)19(17,18)8-4-9(12)11(16)13-5-8/h4-5,7,10,15H,2-3,6H2,1H3,(H,13,16). The molecule has 0 spiro atoms. The number of aliphatic hydroxyl groups excluding tert-OH is 1. The number of nitrogens with one attached hydrogen (secondary N) is 1. The summed E-state index contributed by atoms with van der Waals surface area (Å²) < 4.78 is 26.2. The van der Waals surface area contributed by atoms with Gasteiger partial charge in [-0.3, -0.25) is 4.79 Å². The fraction of sp³-hybridized carbons (Fsp3) is 0.545. The van der Waals surface area contributed by atoms with E-state index in [4.69, 9.17) is 11.6 Å². The zero-order chi connectivity index (χ0) is 14.2.